The third kappa shape index (κ3) is 7.25. The van der Waals surface area contributed by atoms with E-state index in [-0.39, 0.29) is 48.7 Å². The van der Waals surface area contributed by atoms with Gasteiger partial charge in [-0.1, -0.05) is 24.3 Å². The van der Waals surface area contributed by atoms with Crippen molar-refractivity contribution in [3.8, 4) is 11.3 Å². The van der Waals surface area contributed by atoms with Crippen LogP contribution in [0.25, 0.3) is 11.3 Å². The number of ether oxygens (including phenoxy) is 2. The molecular weight excluding hydrogens is 633 g/mol. The normalized spacial score (nSPS) is 21.1. The molecule has 1 saturated heterocycles. The topological polar surface area (TPSA) is 111 Å². The number of nitrogens with zero attached hydrogens (tertiary/aromatic N) is 3. The van der Waals surface area contributed by atoms with E-state index in [0.29, 0.717) is 43.6 Å². The summed E-state index contributed by atoms with van der Waals surface area (Å²) in [5.41, 5.74) is 1.34. The Hall–Kier alpha value is -3.71. The van der Waals surface area contributed by atoms with Crippen molar-refractivity contribution in [2.75, 3.05) is 36.0 Å². The van der Waals surface area contributed by atoms with Crippen LogP contribution in [0.3, 0.4) is 0 Å². The second-order valence-corrected chi connectivity index (χ2v) is 14.6. The molecule has 1 saturated carbocycles. The van der Waals surface area contributed by atoms with Gasteiger partial charge < -0.3 is 14.4 Å². The van der Waals surface area contributed by atoms with Gasteiger partial charge in [0.2, 0.25) is 5.95 Å². The zero-order valence-corrected chi connectivity index (χ0v) is 27.3. The molecule has 1 atom stereocenters. The second kappa shape index (κ2) is 13.1. The molecule has 4 bridgehead atoms. The number of hydrogen-bond donors (Lipinski definition) is 1. The Labute approximate surface area is 272 Å². The maximum atomic E-state index is 14.1. The van der Waals surface area contributed by atoms with Gasteiger partial charge in [0.05, 0.1) is 27.6 Å². The molecule has 47 heavy (non-hydrogen) atoms. The molecule has 6 rings (SSSR count). The first-order chi connectivity index (χ1) is 22.3. The maximum absolute atomic E-state index is 14.1. The zero-order chi connectivity index (χ0) is 33.4. The summed E-state index contributed by atoms with van der Waals surface area (Å²) in [5, 5.41) is 0. The molecule has 3 heterocycles. The maximum Gasteiger partial charge on any atom is 0.394 e. The number of rotatable bonds is 7. The molecule has 3 aromatic rings. The number of hydrogen-bond acceptors (Lipinski definition) is 8. The fourth-order valence-corrected chi connectivity index (χ4v) is 7.63. The molecule has 2 fully saturated rings. The van der Waals surface area contributed by atoms with E-state index in [1.54, 1.807) is 6.07 Å². The highest BCUT2D eigenvalue weighted by atomic mass is 32.2. The van der Waals surface area contributed by atoms with Crippen LogP contribution in [-0.2, 0) is 19.5 Å². The molecule has 13 heteroatoms. The van der Waals surface area contributed by atoms with Crippen LogP contribution in [0, 0.1) is 25.2 Å². The predicted molar refractivity (Wildman–Crippen MR) is 171 cm³/mol. The van der Waals surface area contributed by atoms with E-state index >= 15 is 0 Å². The van der Waals surface area contributed by atoms with Crippen LogP contribution in [0.15, 0.2) is 53.4 Å². The van der Waals surface area contributed by atoms with Crippen molar-refractivity contribution in [2.24, 2.45) is 11.3 Å². The fourth-order valence-electron chi connectivity index (χ4n) is 6.64. The van der Waals surface area contributed by atoms with Gasteiger partial charge in [0.1, 0.15) is 12.4 Å². The Bertz CT molecular complexity index is 1720. The van der Waals surface area contributed by atoms with E-state index in [1.807, 2.05) is 36.9 Å². The van der Waals surface area contributed by atoms with Crippen LogP contribution in [0.1, 0.15) is 66.4 Å². The summed E-state index contributed by atoms with van der Waals surface area (Å²) in [6, 6.07) is 12.3. The minimum atomic E-state index is -4.34. The Balaban J connectivity index is 1.49. The van der Waals surface area contributed by atoms with Crippen LogP contribution in [-0.4, -0.2) is 62.9 Å². The van der Waals surface area contributed by atoms with Crippen molar-refractivity contribution in [1.29, 1.82) is 0 Å². The van der Waals surface area contributed by atoms with Crippen LogP contribution < -0.4 is 9.62 Å². The largest absolute Gasteiger partial charge is 0.460 e. The summed E-state index contributed by atoms with van der Waals surface area (Å²) in [6.45, 7) is 5.32. The number of esters is 1. The number of benzene rings is 2. The Kier molecular flexibility index (Phi) is 9.23. The first kappa shape index (κ1) is 33.2. The highest BCUT2D eigenvalue weighted by Crippen LogP contribution is 2.60. The number of alkyl halides is 3. The van der Waals surface area contributed by atoms with E-state index in [0.717, 1.165) is 29.5 Å². The Morgan fingerprint density at radius 3 is 2.38 bits per heavy atom. The Morgan fingerprint density at radius 2 is 1.70 bits per heavy atom. The number of aromatic nitrogens is 2. The van der Waals surface area contributed by atoms with E-state index in [9.17, 15) is 26.4 Å². The minimum Gasteiger partial charge on any atom is -0.460 e. The molecule has 2 aliphatic heterocycles. The lowest BCUT2D eigenvalue weighted by Crippen LogP contribution is -2.42. The van der Waals surface area contributed by atoms with E-state index in [1.165, 1.54) is 24.3 Å². The SMILES string of the molecule is Cc1cccc(C)c1-c1cc2nc(n1)NS(=O)(=O)c1cccc(c1)C(=O)OCC(CCC1(C(F)(F)F)CC1)N2CCC1CCOCC1. The van der Waals surface area contributed by atoms with Gasteiger partial charge in [0, 0.05) is 31.4 Å². The molecule has 1 aromatic heterocycles. The smallest absolute Gasteiger partial charge is 0.394 e. The number of halogens is 3. The van der Waals surface area contributed by atoms with E-state index in [4.69, 9.17) is 9.47 Å². The summed E-state index contributed by atoms with van der Waals surface area (Å²) < 4.78 is 83.2. The van der Waals surface area contributed by atoms with Gasteiger partial charge in [-0.3, -0.25) is 0 Å². The highest BCUT2D eigenvalue weighted by molar-refractivity contribution is 7.92. The number of aryl methyl sites for hydroxylation is 2. The van der Waals surface area contributed by atoms with Crippen molar-refractivity contribution in [2.45, 2.75) is 75.9 Å². The van der Waals surface area contributed by atoms with Crippen molar-refractivity contribution in [1.82, 2.24) is 9.97 Å². The lowest BCUT2D eigenvalue weighted by atomic mass is 9.94. The van der Waals surface area contributed by atoms with Gasteiger partial charge in [-0.25, -0.2) is 22.9 Å². The van der Waals surface area contributed by atoms with Crippen molar-refractivity contribution in [3.63, 3.8) is 0 Å². The third-order valence-electron chi connectivity index (χ3n) is 9.73. The second-order valence-electron chi connectivity index (χ2n) is 12.9. The number of carbonyl (C=O) groups is 1. The van der Waals surface area contributed by atoms with Gasteiger partial charge in [-0.05, 0) is 94.0 Å². The van der Waals surface area contributed by atoms with Crippen molar-refractivity contribution >= 4 is 27.8 Å². The van der Waals surface area contributed by atoms with E-state index in [2.05, 4.69) is 14.7 Å². The first-order valence-electron chi connectivity index (χ1n) is 16.0. The standard InChI is InChI=1S/C34H39F3N4O5S/c1-22-5-3-6-23(2)30(22)28-20-29-39-32(38-28)40-47(43,44)27-8-4-7-25(19-27)31(42)46-21-26(9-13-33(14-15-33)34(35,36)37)41(29)16-10-24-11-17-45-18-12-24/h3-8,19-20,24,26H,9-18,21H2,1-2H3,(H,38,39,40). The molecule has 3 aliphatic rings. The lowest BCUT2D eigenvalue weighted by molar-refractivity contribution is -0.189. The van der Waals surface area contributed by atoms with Crippen LogP contribution in [0.4, 0.5) is 24.9 Å². The fraction of sp³-hybridized carbons (Fsp3) is 0.500. The molecule has 0 radical (unpaired) electrons. The quantitative estimate of drug-likeness (QED) is 0.272. The molecule has 1 N–H and O–H groups in total. The van der Waals surface area contributed by atoms with Crippen molar-refractivity contribution in [3.05, 3.63) is 65.2 Å². The number of nitrogens with one attached hydrogen (secondary N) is 1. The molecule has 9 nitrogen and oxygen atoms in total. The molecule has 252 valence electrons. The van der Waals surface area contributed by atoms with Crippen molar-refractivity contribution < 1.29 is 35.9 Å². The summed E-state index contributed by atoms with van der Waals surface area (Å²) in [7, 11) is -4.24. The average molecular weight is 673 g/mol. The first-order valence-corrected chi connectivity index (χ1v) is 17.5. The predicted octanol–water partition coefficient (Wildman–Crippen LogP) is 6.85. The monoisotopic (exact) mass is 672 g/mol. The number of fused-ring (bicyclic) bond motifs is 4. The zero-order valence-electron chi connectivity index (χ0n) is 26.5. The van der Waals surface area contributed by atoms with E-state index < -0.39 is 33.6 Å². The van der Waals surface area contributed by atoms with Crippen LogP contribution in [0.2, 0.25) is 0 Å². The molecule has 0 spiro atoms. The number of anilines is 2. The third-order valence-corrected chi connectivity index (χ3v) is 11.1. The van der Waals surface area contributed by atoms with Crippen LogP contribution >= 0.6 is 0 Å². The highest BCUT2D eigenvalue weighted by Gasteiger charge is 2.62. The number of carbonyl (C=O) groups excluding carboxylic acids is 1. The number of cyclic esters (lactones) is 1. The molecular formula is C34H39F3N4O5S. The summed E-state index contributed by atoms with van der Waals surface area (Å²) >= 11 is 0. The van der Waals surface area contributed by atoms with Crippen LogP contribution in [0.5, 0.6) is 0 Å². The van der Waals surface area contributed by atoms with Gasteiger partial charge in [-0.15, -0.1) is 0 Å². The summed E-state index contributed by atoms with van der Waals surface area (Å²) in [4.78, 5) is 24.3. The average Bonchev–Trinajstić information content (AvgIpc) is 3.83. The van der Waals surface area contributed by atoms with Gasteiger partial charge in [0.25, 0.3) is 10.0 Å². The summed E-state index contributed by atoms with van der Waals surface area (Å²) in [5.74, 6) is -0.283. The van der Waals surface area contributed by atoms with Gasteiger partial charge in [0.15, 0.2) is 0 Å². The van der Waals surface area contributed by atoms with Gasteiger partial charge >= 0.3 is 12.1 Å². The molecule has 1 unspecified atom stereocenters. The minimum absolute atomic E-state index is 0.0115. The molecule has 0 amide bonds. The lowest BCUT2D eigenvalue weighted by Gasteiger charge is -2.35. The Morgan fingerprint density at radius 1 is 1.00 bits per heavy atom. The number of sulfonamides is 1. The van der Waals surface area contributed by atoms with Gasteiger partial charge in [-0.2, -0.15) is 18.2 Å². The summed E-state index contributed by atoms with van der Waals surface area (Å²) in [6.07, 6.45) is -1.85. The molecule has 1 aliphatic carbocycles. The molecule has 2 aromatic carbocycles.